The minimum Gasteiger partial charge on any atom is -0.391 e. The summed E-state index contributed by atoms with van der Waals surface area (Å²) in [6.45, 7) is 5.33. The molecular formula is C36H49N9O7. The number of hydrogen-bond acceptors (Lipinski definition) is 8. The fourth-order valence-corrected chi connectivity index (χ4v) is 6.73. The summed E-state index contributed by atoms with van der Waals surface area (Å²) >= 11 is 0. The fourth-order valence-electron chi connectivity index (χ4n) is 6.73. The molecule has 0 aliphatic carbocycles. The third-order valence-corrected chi connectivity index (χ3v) is 9.41. The smallest absolute Gasteiger partial charge is 0.245 e. The van der Waals surface area contributed by atoms with Gasteiger partial charge in [0.05, 0.1) is 6.10 Å². The largest absolute Gasteiger partial charge is 0.391 e. The summed E-state index contributed by atoms with van der Waals surface area (Å²) in [5.41, 5.74) is 1.59. The van der Waals surface area contributed by atoms with E-state index in [2.05, 4.69) is 36.7 Å². The number of H-pyrrole nitrogens is 1. The van der Waals surface area contributed by atoms with E-state index < -0.39 is 71.8 Å². The molecule has 0 bridgehead atoms. The first-order chi connectivity index (χ1) is 24.9. The summed E-state index contributed by atoms with van der Waals surface area (Å²) in [5.74, 6) is -3.27. The molecule has 1 aromatic carbocycles. The van der Waals surface area contributed by atoms with Crippen molar-refractivity contribution in [2.24, 2.45) is 5.92 Å². The average molecular weight is 720 g/mol. The van der Waals surface area contributed by atoms with Gasteiger partial charge in [-0.25, -0.2) is 0 Å². The molecule has 2 aliphatic rings. The van der Waals surface area contributed by atoms with Crippen LogP contribution in [0.15, 0.2) is 48.9 Å². The van der Waals surface area contributed by atoms with Crippen LogP contribution in [0.2, 0.25) is 0 Å². The lowest BCUT2D eigenvalue weighted by Crippen LogP contribution is -2.59. The number of aromatic amines is 1. The Hall–Kier alpha value is -5.25. The summed E-state index contributed by atoms with van der Waals surface area (Å²) in [6.07, 6.45) is 5.42. The number of hydrogen-bond donors (Lipinski definition) is 7. The fraction of sp³-hybridized carbons (Fsp3) is 0.528. The van der Waals surface area contributed by atoms with Gasteiger partial charge in [-0.05, 0) is 56.2 Å². The van der Waals surface area contributed by atoms with Gasteiger partial charge < -0.3 is 41.6 Å². The lowest BCUT2D eigenvalue weighted by Gasteiger charge is -2.30. The number of aliphatic hydroxyl groups is 1. The highest BCUT2D eigenvalue weighted by Crippen LogP contribution is 2.23. The third kappa shape index (κ3) is 9.75. The molecule has 4 heterocycles. The van der Waals surface area contributed by atoms with Crippen LogP contribution in [-0.4, -0.2) is 110 Å². The van der Waals surface area contributed by atoms with Crippen molar-refractivity contribution in [3.63, 3.8) is 0 Å². The van der Waals surface area contributed by atoms with Crippen LogP contribution >= 0.6 is 0 Å². The highest BCUT2D eigenvalue weighted by atomic mass is 16.3. The normalized spacial score (nSPS) is 25.7. The molecule has 0 radical (unpaired) electrons. The van der Waals surface area contributed by atoms with Crippen molar-refractivity contribution in [3.05, 3.63) is 54.5 Å². The first kappa shape index (κ1) is 38.0. The van der Waals surface area contributed by atoms with Crippen LogP contribution in [0.4, 0.5) is 0 Å². The zero-order valence-corrected chi connectivity index (χ0v) is 29.8. The van der Waals surface area contributed by atoms with Crippen LogP contribution in [-0.2, 0) is 41.7 Å². The molecule has 16 nitrogen and oxygen atoms in total. The number of rotatable bonds is 7. The van der Waals surface area contributed by atoms with E-state index in [9.17, 15) is 33.9 Å². The van der Waals surface area contributed by atoms with Crippen LogP contribution in [0.3, 0.4) is 0 Å². The lowest BCUT2D eigenvalue weighted by atomic mass is 10.00. The number of aromatic nitrogens is 3. The number of nitrogens with one attached hydrogen (secondary N) is 6. The standard InChI is InChI=1S/C36H49N9O7/c1-21(2)15-29-36(52)45-19-24(46)17-30(45)35(51)37-12-7-6-11-27(41-31(47)20-44-14-8-13-39-44)33(49)40-22(3)32(48)42-28(34(50)43-29)16-23-18-38-26-10-5-4-9-25(23)26/h4-5,8-10,13-14,18,21-22,24,27-30,38,46H,6-7,11-12,15-17,19-20H2,1-3H3,(H,37,51)(H,40,49)(H,41,47)(H,42,48)(H,43,50)/t22-,24-,27+,28+,29-,30+/m1/s1. The first-order valence-electron chi connectivity index (χ1n) is 17.9. The summed E-state index contributed by atoms with van der Waals surface area (Å²) in [7, 11) is 0. The van der Waals surface area contributed by atoms with Crippen molar-refractivity contribution in [3.8, 4) is 0 Å². The number of para-hydroxylation sites is 1. The number of nitrogens with zero attached hydrogens (tertiary/aromatic N) is 3. The number of amides is 6. The molecule has 6 atom stereocenters. The predicted octanol–water partition coefficient (Wildman–Crippen LogP) is -0.126. The SMILES string of the molecule is CC(C)C[C@H]1NC(=O)[C@H](Cc2c[nH]c3ccccc23)NC(=O)[C@@H](C)NC(=O)[C@@H](NC(=O)Cn2cccn2)CCCCNC(=O)[C@@H]2C[C@@H](O)CN2C1=O. The maximum Gasteiger partial charge on any atom is 0.245 e. The predicted molar refractivity (Wildman–Crippen MR) is 190 cm³/mol. The summed E-state index contributed by atoms with van der Waals surface area (Å²) < 4.78 is 1.42. The lowest BCUT2D eigenvalue weighted by molar-refractivity contribution is -0.142. The zero-order valence-electron chi connectivity index (χ0n) is 29.8. The van der Waals surface area contributed by atoms with Crippen molar-refractivity contribution in [1.82, 2.24) is 46.2 Å². The Balaban J connectivity index is 1.43. The maximum absolute atomic E-state index is 14.1. The number of benzene rings is 1. The molecular weight excluding hydrogens is 670 g/mol. The average Bonchev–Trinajstić information content (AvgIpc) is 3.86. The molecule has 52 heavy (non-hydrogen) atoms. The second kappa shape index (κ2) is 17.3. The van der Waals surface area contributed by atoms with Crippen LogP contribution in [0.1, 0.15) is 58.4 Å². The second-order valence-corrected chi connectivity index (χ2v) is 14.1. The van der Waals surface area contributed by atoms with E-state index in [0.29, 0.717) is 12.8 Å². The van der Waals surface area contributed by atoms with Gasteiger partial charge in [-0.3, -0.25) is 33.4 Å². The van der Waals surface area contributed by atoms with Gasteiger partial charge in [0.15, 0.2) is 0 Å². The number of carbonyl (C=O) groups excluding carboxylic acids is 6. The molecule has 3 aromatic rings. The number of aliphatic hydroxyl groups excluding tert-OH is 1. The Morgan fingerprint density at radius 3 is 2.50 bits per heavy atom. The summed E-state index contributed by atoms with van der Waals surface area (Å²) in [4.78, 5) is 86.1. The second-order valence-electron chi connectivity index (χ2n) is 14.1. The molecule has 0 unspecified atom stereocenters. The highest BCUT2D eigenvalue weighted by molar-refractivity contribution is 5.97. The quantitative estimate of drug-likeness (QED) is 0.174. The Morgan fingerprint density at radius 1 is 0.981 bits per heavy atom. The number of fused-ring (bicyclic) bond motifs is 2. The van der Waals surface area contributed by atoms with Crippen LogP contribution in [0.5, 0.6) is 0 Å². The van der Waals surface area contributed by atoms with Crippen LogP contribution in [0, 0.1) is 5.92 Å². The molecule has 16 heteroatoms. The van der Waals surface area contributed by atoms with Crippen molar-refractivity contribution < 1.29 is 33.9 Å². The molecule has 7 N–H and O–H groups in total. The van der Waals surface area contributed by atoms with Gasteiger partial charge in [0, 0.05) is 55.4 Å². The van der Waals surface area contributed by atoms with Gasteiger partial charge in [-0.1, -0.05) is 32.0 Å². The Kier molecular flexibility index (Phi) is 12.6. The number of carbonyl (C=O) groups is 6. The third-order valence-electron chi connectivity index (χ3n) is 9.41. The van der Waals surface area contributed by atoms with E-state index in [1.165, 1.54) is 22.7 Å². The molecule has 2 aliphatic heterocycles. The van der Waals surface area contributed by atoms with Crippen molar-refractivity contribution in [1.29, 1.82) is 0 Å². The van der Waals surface area contributed by atoms with Gasteiger partial charge in [-0.15, -0.1) is 0 Å². The molecule has 0 saturated carbocycles. The van der Waals surface area contributed by atoms with Gasteiger partial charge in [0.1, 0.15) is 36.8 Å². The van der Waals surface area contributed by atoms with E-state index in [4.69, 9.17) is 0 Å². The molecule has 0 spiro atoms. The van der Waals surface area contributed by atoms with Crippen LogP contribution in [0.25, 0.3) is 10.9 Å². The van der Waals surface area contributed by atoms with E-state index in [0.717, 1.165) is 16.5 Å². The topological polar surface area (TPSA) is 220 Å². The van der Waals surface area contributed by atoms with E-state index in [1.54, 1.807) is 18.5 Å². The molecule has 5 rings (SSSR count). The Labute approximate surface area is 301 Å². The molecule has 6 amide bonds. The molecule has 280 valence electrons. The minimum atomic E-state index is -1.16. The molecule has 2 aromatic heterocycles. The highest BCUT2D eigenvalue weighted by Gasteiger charge is 2.42. The maximum atomic E-state index is 14.1. The van der Waals surface area contributed by atoms with E-state index in [1.807, 2.05) is 38.1 Å². The van der Waals surface area contributed by atoms with E-state index in [-0.39, 0.29) is 51.2 Å². The van der Waals surface area contributed by atoms with Gasteiger partial charge >= 0.3 is 0 Å². The summed E-state index contributed by atoms with van der Waals surface area (Å²) in [5, 5.41) is 29.3. The summed E-state index contributed by atoms with van der Waals surface area (Å²) in [6, 6.07) is 3.93. The van der Waals surface area contributed by atoms with Gasteiger partial charge in [0.2, 0.25) is 35.4 Å². The van der Waals surface area contributed by atoms with Crippen molar-refractivity contribution in [2.45, 2.75) is 102 Å². The Morgan fingerprint density at radius 2 is 1.75 bits per heavy atom. The first-order valence-corrected chi connectivity index (χ1v) is 17.9. The van der Waals surface area contributed by atoms with E-state index >= 15 is 0 Å². The zero-order chi connectivity index (χ0) is 37.4. The minimum absolute atomic E-state index is 0.0273. The monoisotopic (exact) mass is 719 g/mol. The van der Waals surface area contributed by atoms with Crippen molar-refractivity contribution >= 4 is 46.3 Å². The molecule has 2 saturated heterocycles. The van der Waals surface area contributed by atoms with Crippen LogP contribution < -0.4 is 26.6 Å². The van der Waals surface area contributed by atoms with Gasteiger partial charge in [-0.2, -0.15) is 5.10 Å². The molecule has 2 fully saturated rings. The Bertz CT molecular complexity index is 1740. The van der Waals surface area contributed by atoms with Crippen molar-refractivity contribution in [2.75, 3.05) is 13.1 Å². The van der Waals surface area contributed by atoms with Gasteiger partial charge in [0.25, 0.3) is 0 Å².